The average Bonchev–Trinajstić information content (AvgIpc) is 3.73. The molecule has 0 radical (unpaired) electrons. The zero-order chi connectivity index (χ0) is 27.5. The van der Waals surface area contributed by atoms with Crippen LogP contribution in [0.15, 0.2) is 0 Å². The highest BCUT2D eigenvalue weighted by atomic mass is 16.7. The lowest BCUT2D eigenvalue weighted by molar-refractivity contribution is -0.151. The van der Waals surface area contributed by atoms with E-state index in [1.54, 1.807) is 0 Å². The number of carbonyl (C=O) groups excluding carboxylic acids is 2. The van der Waals surface area contributed by atoms with E-state index >= 15 is 0 Å². The lowest BCUT2D eigenvalue weighted by Crippen LogP contribution is -2.26. The molecule has 3 fully saturated rings. The topological polar surface area (TPSA) is 65.1 Å². The molecule has 0 amide bonds. The van der Waals surface area contributed by atoms with Crippen molar-refractivity contribution < 1.29 is 23.8 Å². The number of ether oxygens (including phenoxy) is 3. The minimum Gasteiger partial charge on any atom is -0.463 e. The van der Waals surface area contributed by atoms with Crippen molar-refractivity contribution in [2.24, 2.45) is 11.8 Å². The fraction of sp³-hybridized carbons (Fsp3) is 0.941. The van der Waals surface area contributed by atoms with Crippen LogP contribution in [-0.2, 0) is 23.8 Å². The van der Waals surface area contributed by atoms with Gasteiger partial charge < -0.3 is 14.2 Å². The Kier molecular flexibility index (Phi) is 16.5. The van der Waals surface area contributed by atoms with Gasteiger partial charge in [0, 0.05) is 12.8 Å². The van der Waals surface area contributed by atoms with E-state index in [1.165, 1.54) is 109 Å². The summed E-state index contributed by atoms with van der Waals surface area (Å²) in [7, 11) is 0. The van der Waals surface area contributed by atoms with Gasteiger partial charge in [-0.25, -0.2) is 0 Å². The van der Waals surface area contributed by atoms with Crippen molar-refractivity contribution in [2.45, 2.75) is 186 Å². The molecular weight excluding hydrogens is 488 g/mol. The molecule has 0 N–H and O–H groups in total. The molecule has 1 saturated heterocycles. The van der Waals surface area contributed by atoms with Crippen LogP contribution in [0.1, 0.15) is 167 Å². The number of esters is 2. The van der Waals surface area contributed by atoms with Crippen LogP contribution in [0, 0.1) is 11.8 Å². The molecule has 39 heavy (non-hydrogen) atoms. The molecule has 0 aromatic rings. The van der Waals surface area contributed by atoms with Crippen molar-refractivity contribution in [3.63, 3.8) is 0 Å². The highest BCUT2D eigenvalue weighted by Crippen LogP contribution is 2.32. The summed E-state index contributed by atoms with van der Waals surface area (Å²) in [6.45, 7) is 2.55. The quantitative estimate of drug-likeness (QED) is 0.0812. The highest BCUT2D eigenvalue weighted by Gasteiger charge is 2.47. The second-order valence-electron chi connectivity index (χ2n) is 12.9. The normalized spacial score (nSPS) is 22.9. The smallest absolute Gasteiger partial charge is 0.306 e. The molecular formula is C34H60O5. The van der Waals surface area contributed by atoms with Gasteiger partial charge in [-0.1, -0.05) is 116 Å². The first-order valence-electron chi connectivity index (χ1n) is 17.2. The van der Waals surface area contributed by atoms with Crippen LogP contribution >= 0.6 is 0 Å². The summed E-state index contributed by atoms with van der Waals surface area (Å²) >= 11 is 0. The Bertz CT molecular complexity index is 652. The van der Waals surface area contributed by atoms with E-state index in [0.29, 0.717) is 19.4 Å². The summed E-state index contributed by atoms with van der Waals surface area (Å²) in [5.41, 5.74) is 0. The van der Waals surface area contributed by atoms with Crippen molar-refractivity contribution >= 4 is 11.9 Å². The summed E-state index contributed by atoms with van der Waals surface area (Å²) < 4.78 is 17.4. The number of unbranched alkanes of at least 4 members (excludes halogenated alkanes) is 7. The van der Waals surface area contributed by atoms with Crippen LogP contribution < -0.4 is 0 Å². The molecule has 0 aromatic carbocycles. The van der Waals surface area contributed by atoms with Crippen LogP contribution in [0.2, 0.25) is 0 Å². The van der Waals surface area contributed by atoms with Crippen LogP contribution in [0.25, 0.3) is 0 Å². The Labute approximate surface area is 239 Å². The minimum atomic E-state index is -0.206. The maximum absolute atomic E-state index is 12.7. The Morgan fingerprint density at radius 1 is 0.692 bits per heavy atom. The van der Waals surface area contributed by atoms with E-state index in [1.807, 2.05) is 0 Å². The summed E-state index contributed by atoms with van der Waals surface area (Å²) in [5.74, 6) is 1.41. The minimum absolute atomic E-state index is 0.0793. The van der Waals surface area contributed by atoms with Crippen molar-refractivity contribution in [2.75, 3.05) is 6.61 Å². The van der Waals surface area contributed by atoms with Gasteiger partial charge in [-0.05, 0) is 50.4 Å². The highest BCUT2D eigenvalue weighted by molar-refractivity contribution is 5.70. The predicted molar refractivity (Wildman–Crippen MR) is 158 cm³/mol. The standard InChI is InChI=1S/C34H60O5/c1-2-3-4-5-6-7-8-15-24-30(38-33(36)26-17-23-29-20-13-10-14-21-29)34-31(39-34)27-37-32(35)25-16-22-28-18-11-9-12-19-28/h28-31,34H,2-27H2,1H3/t30?,31-,34+/m0/s1. The van der Waals surface area contributed by atoms with Gasteiger partial charge in [0.15, 0.2) is 0 Å². The zero-order valence-corrected chi connectivity index (χ0v) is 25.3. The fourth-order valence-corrected chi connectivity index (χ4v) is 6.88. The summed E-state index contributed by atoms with van der Waals surface area (Å²) in [6, 6.07) is 0. The Balaban J connectivity index is 1.32. The molecule has 0 spiro atoms. The molecule has 5 heteroatoms. The second-order valence-corrected chi connectivity index (χ2v) is 12.9. The van der Waals surface area contributed by atoms with Crippen LogP contribution in [-0.4, -0.2) is 36.9 Å². The molecule has 2 aliphatic carbocycles. The molecule has 3 atom stereocenters. The predicted octanol–water partition coefficient (Wildman–Crippen LogP) is 9.24. The molecule has 3 rings (SSSR count). The molecule has 0 bridgehead atoms. The van der Waals surface area contributed by atoms with Gasteiger partial charge in [-0.15, -0.1) is 0 Å². The molecule has 2 saturated carbocycles. The van der Waals surface area contributed by atoms with E-state index in [9.17, 15) is 9.59 Å². The first-order chi connectivity index (χ1) is 19.2. The third-order valence-corrected chi connectivity index (χ3v) is 9.46. The third kappa shape index (κ3) is 14.4. The monoisotopic (exact) mass is 548 g/mol. The lowest BCUT2D eigenvalue weighted by Gasteiger charge is -2.21. The number of rotatable bonds is 21. The van der Waals surface area contributed by atoms with Gasteiger partial charge in [0.05, 0.1) is 0 Å². The largest absolute Gasteiger partial charge is 0.463 e. The van der Waals surface area contributed by atoms with Crippen molar-refractivity contribution in [3.05, 3.63) is 0 Å². The number of carbonyl (C=O) groups is 2. The van der Waals surface area contributed by atoms with E-state index in [4.69, 9.17) is 14.2 Å². The van der Waals surface area contributed by atoms with Crippen molar-refractivity contribution in [1.29, 1.82) is 0 Å². The second kappa shape index (κ2) is 19.9. The van der Waals surface area contributed by atoms with E-state index < -0.39 is 0 Å². The molecule has 226 valence electrons. The first kappa shape index (κ1) is 32.4. The SMILES string of the molecule is CCCCCCCCCCC(OC(=O)CCCC1CCCCC1)[C@H]1O[C@H]1COC(=O)CCCC1CCCCC1. The first-order valence-corrected chi connectivity index (χ1v) is 17.2. The van der Waals surface area contributed by atoms with Gasteiger partial charge in [0.1, 0.15) is 24.9 Å². The zero-order valence-electron chi connectivity index (χ0n) is 25.3. The van der Waals surface area contributed by atoms with Gasteiger partial charge in [-0.3, -0.25) is 9.59 Å². The number of epoxide rings is 1. The van der Waals surface area contributed by atoms with Gasteiger partial charge in [0.2, 0.25) is 0 Å². The summed E-state index contributed by atoms with van der Waals surface area (Å²) in [5, 5.41) is 0. The molecule has 1 unspecified atom stereocenters. The number of hydrogen-bond donors (Lipinski definition) is 0. The summed E-state index contributed by atoms with van der Waals surface area (Å²) in [4.78, 5) is 25.0. The third-order valence-electron chi connectivity index (χ3n) is 9.46. The number of hydrogen-bond acceptors (Lipinski definition) is 5. The molecule has 3 aliphatic rings. The van der Waals surface area contributed by atoms with Crippen molar-refractivity contribution in [3.8, 4) is 0 Å². The molecule has 0 aromatic heterocycles. The van der Waals surface area contributed by atoms with Crippen LogP contribution in [0.5, 0.6) is 0 Å². The van der Waals surface area contributed by atoms with Crippen LogP contribution in [0.3, 0.4) is 0 Å². The van der Waals surface area contributed by atoms with Gasteiger partial charge in [0.25, 0.3) is 0 Å². The lowest BCUT2D eigenvalue weighted by atomic mass is 9.86. The van der Waals surface area contributed by atoms with Gasteiger partial charge in [-0.2, -0.15) is 0 Å². The van der Waals surface area contributed by atoms with Crippen molar-refractivity contribution in [1.82, 2.24) is 0 Å². The molecule has 1 heterocycles. The molecule has 1 aliphatic heterocycles. The Morgan fingerprint density at radius 2 is 1.23 bits per heavy atom. The maximum atomic E-state index is 12.7. The Hall–Kier alpha value is -1.10. The van der Waals surface area contributed by atoms with E-state index in [-0.39, 0.29) is 30.3 Å². The Morgan fingerprint density at radius 3 is 1.82 bits per heavy atom. The van der Waals surface area contributed by atoms with E-state index in [2.05, 4.69) is 6.92 Å². The fourth-order valence-electron chi connectivity index (χ4n) is 6.88. The van der Waals surface area contributed by atoms with E-state index in [0.717, 1.165) is 50.4 Å². The van der Waals surface area contributed by atoms with Crippen LogP contribution in [0.4, 0.5) is 0 Å². The molecule has 5 nitrogen and oxygen atoms in total. The van der Waals surface area contributed by atoms with Gasteiger partial charge >= 0.3 is 11.9 Å². The maximum Gasteiger partial charge on any atom is 0.306 e. The average molecular weight is 549 g/mol. The summed E-state index contributed by atoms with van der Waals surface area (Å²) in [6.07, 6.45) is 29.1.